The van der Waals surface area contributed by atoms with Gasteiger partial charge in [0.15, 0.2) is 0 Å². The van der Waals surface area contributed by atoms with Crippen molar-refractivity contribution in [3.8, 4) is 0 Å². The van der Waals surface area contributed by atoms with Gasteiger partial charge < -0.3 is 9.88 Å². The predicted octanol–water partition coefficient (Wildman–Crippen LogP) is 3.48. The van der Waals surface area contributed by atoms with Gasteiger partial charge in [-0.15, -0.1) is 0 Å². The number of nitrogens with one attached hydrogen (secondary N) is 1. The number of aromatic nitrogens is 2. The maximum absolute atomic E-state index is 12.3. The van der Waals surface area contributed by atoms with E-state index in [1.165, 1.54) is 0 Å². The number of hydrogen-bond donors (Lipinski definition) is 1. The van der Waals surface area contributed by atoms with Crippen molar-refractivity contribution in [1.29, 1.82) is 0 Å². The predicted molar refractivity (Wildman–Crippen MR) is 80.1 cm³/mol. The summed E-state index contributed by atoms with van der Waals surface area (Å²) in [5.74, 6) is -0.187. The molecule has 3 aromatic rings. The zero-order valence-electron chi connectivity index (χ0n) is 10.8. The summed E-state index contributed by atoms with van der Waals surface area (Å²) in [4.78, 5) is 16.3. The van der Waals surface area contributed by atoms with Crippen LogP contribution in [-0.2, 0) is 7.05 Å². The minimum Gasteiger partial charge on any atom is -0.340 e. The van der Waals surface area contributed by atoms with Crippen LogP contribution in [0.15, 0.2) is 48.8 Å². The van der Waals surface area contributed by atoms with E-state index in [1.807, 2.05) is 29.8 Å². The summed E-state index contributed by atoms with van der Waals surface area (Å²) in [6, 6.07) is 11.0. The van der Waals surface area contributed by atoms with E-state index in [2.05, 4.69) is 10.3 Å². The summed E-state index contributed by atoms with van der Waals surface area (Å²) in [5, 5.41) is 4.32. The SMILES string of the molecule is Cn1c(C(=O)Nc2cccnc2)cc2c(Cl)cccc21. The van der Waals surface area contributed by atoms with Gasteiger partial charge in [-0.2, -0.15) is 0 Å². The van der Waals surface area contributed by atoms with Gasteiger partial charge in [-0.05, 0) is 30.3 Å². The lowest BCUT2D eigenvalue weighted by molar-refractivity contribution is 0.101. The van der Waals surface area contributed by atoms with E-state index in [0.717, 1.165) is 10.9 Å². The summed E-state index contributed by atoms with van der Waals surface area (Å²) in [5.41, 5.74) is 2.14. The van der Waals surface area contributed by atoms with Crippen molar-refractivity contribution in [2.45, 2.75) is 0 Å². The van der Waals surface area contributed by atoms with Gasteiger partial charge in [-0.1, -0.05) is 17.7 Å². The number of aryl methyl sites for hydroxylation is 1. The first-order chi connectivity index (χ1) is 9.66. The molecule has 0 aliphatic rings. The van der Waals surface area contributed by atoms with Crippen LogP contribution < -0.4 is 5.32 Å². The van der Waals surface area contributed by atoms with Crippen molar-refractivity contribution < 1.29 is 4.79 Å². The molecular formula is C15H12ClN3O. The molecule has 4 nitrogen and oxygen atoms in total. The second kappa shape index (κ2) is 4.98. The number of pyridine rings is 1. The number of anilines is 1. The molecule has 1 N–H and O–H groups in total. The molecule has 0 unspecified atom stereocenters. The van der Waals surface area contributed by atoms with E-state index in [4.69, 9.17) is 11.6 Å². The number of amides is 1. The van der Waals surface area contributed by atoms with E-state index < -0.39 is 0 Å². The Morgan fingerprint density at radius 3 is 2.85 bits per heavy atom. The highest BCUT2D eigenvalue weighted by Crippen LogP contribution is 2.26. The fraction of sp³-hybridized carbons (Fsp3) is 0.0667. The first kappa shape index (κ1) is 12.7. The molecule has 0 aliphatic heterocycles. The van der Waals surface area contributed by atoms with Crippen LogP contribution in [0.25, 0.3) is 10.9 Å². The number of fused-ring (bicyclic) bond motifs is 1. The van der Waals surface area contributed by atoms with E-state index in [0.29, 0.717) is 16.4 Å². The molecule has 3 rings (SSSR count). The monoisotopic (exact) mass is 285 g/mol. The van der Waals surface area contributed by atoms with Gasteiger partial charge in [0.05, 0.1) is 11.9 Å². The molecule has 0 spiro atoms. The first-order valence-electron chi connectivity index (χ1n) is 6.12. The summed E-state index contributed by atoms with van der Waals surface area (Å²) in [6.45, 7) is 0. The zero-order chi connectivity index (χ0) is 14.1. The largest absolute Gasteiger partial charge is 0.340 e. The molecule has 1 aromatic carbocycles. The molecule has 0 fully saturated rings. The molecule has 0 atom stereocenters. The van der Waals surface area contributed by atoms with E-state index in [1.54, 1.807) is 30.6 Å². The van der Waals surface area contributed by atoms with Crippen molar-refractivity contribution in [3.05, 3.63) is 59.5 Å². The lowest BCUT2D eigenvalue weighted by Gasteiger charge is -2.05. The Morgan fingerprint density at radius 1 is 1.30 bits per heavy atom. The Hall–Kier alpha value is -2.33. The number of hydrogen-bond acceptors (Lipinski definition) is 2. The Morgan fingerprint density at radius 2 is 2.15 bits per heavy atom. The van der Waals surface area contributed by atoms with Crippen molar-refractivity contribution in [1.82, 2.24) is 9.55 Å². The number of nitrogens with zero attached hydrogens (tertiary/aromatic N) is 2. The second-order valence-electron chi connectivity index (χ2n) is 4.46. The van der Waals surface area contributed by atoms with Crippen LogP contribution in [0.2, 0.25) is 5.02 Å². The van der Waals surface area contributed by atoms with Crippen LogP contribution in [0.1, 0.15) is 10.5 Å². The van der Waals surface area contributed by atoms with Crippen LogP contribution in [0.3, 0.4) is 0 Å². The third-order valence-corrected chi connectivity index (χ3v) is 3.52. The topological polar surface area (TPSA) is 46.9 Å². The quantitative estimate of drug-likeness (QED) is 0.783. The van der Waals surface area contributed by atoms with Gasteiger partial charge in [0.25, 0.3) is 5.91 Å². The maximum atomic E-state index is 12.3. The highest BCUT2D eigenvalue weighted by atomic mass is 35.5. The molecule has 1 amide bonds. The number of rotatable bonds is 2. The van der Waals surface area contributed by atoms with Gasteiger partial charge in [-0.3, -0.25) is 9.78 Å². The first-order valence-corrected chi connectivity index (χ1v) is 6.50. The number of halogens is 1. The van der Waals surface area contributed by atoms with Crippen molar-refractivity contribution >= 4 is 34.1 Å². The highest BCUT2D eigenvalue weighted by Gasteiger charge is 2.14. The van der Waals surface area contributed by atoms with E-state index in [9.17, 15) is 4.79 Å². The minimum atomic E-state index is -0.187. The average Bonchev–Trinajstić information content (AvgIpc) is 2.79. The zero-order valence-corrected chi connectivity index (χ0v) is 11.6. The Kier molecular flexibility index (Phi) is 3.16. The molecule has 2 aromatic heterocycles. The Bertz CT molecular complexity index is 780. The molecule has 2 heterocycles. The van der Waals surface area contributed by atoms with Gasteiger partial charge in [0.1, 0.15) is 5.69 Å². The van der Waals surface area contributed by atoms with Gasteiger partial charge >= 0.3 is 0 Å². The Balaban J connectivity index is 2.00. The van der Waals surface area contributed by atoms with Crippen LogP contribution in [0.5, 0.6) is 0 Å². The normalized spacial score (nSPS) is 10.7. The van der Waals surface area contributed by atoms with Crippen molar-refractivity contribution in [2.24, 2.45) is 7.05 Å². The minimum absolute atomic E-state index is 0.187. The van der Waals surface area contributed by atoms with Gasteiger partial charge in [0, 0.05) is 29.2 Å². The molecule has 0 radical (unpaired) electrons. The summed E-state index contributed by atoms with van der Waals surface area (Å²) < 4.78 is 1.83. The maximum Gasteiger partial charge on any atom is 0.272 e. The lowest BCUT2D eigenvalue weighted by Crippen LogP contribution is -2.15. The molecule has 0 aliphatic carbocycles. The second-order valence-corrected chi connectivity index (χ2v) is 4.86. The molecule has 100 valence electrons. The smallest absolute Gasteiger partial charge is 0.272 e. The number of carbonyl (C=O) groups is 1. The summed E-state index contributed by atoms with van der Waals surface area (Å²) in [7, 11) is 1.84. The third kappa shape index (κ3) is 2.14. The van der Waals surface area contributed by atoms with Crippen LogP contribution in [0, 0.1) is 0 Å². The average molecular weight is 286 g/mol. The molecule has 0 bridgehead atoms. The number of benzene rings is 1. The third-order valence-electron chi connectivity index (χ3n) is 3.19. The molecule has 5 heteroatoms. The highest BCUT2D eigenvalue weighted by molar-refractivity contribution is 6.35. The molecule has 20 heavy (non-hydrogen) atoms. The van der Waals surface area contributed by atoms with E-state index in [-0.39, 0.29) is 5.91 Å². The van der Waals surface area contributed by atoms with Crippen molar-refractivity contribution in [2.75, 3.05) is 5.32 Å². The standard InChI is InChI=1S/C15H12ClN3O/c1-19-13-6-2-5-12(16)11(13)8-14(19)15(20)18-10-4-3-7-17-9-10/h2-9H,1H3,(H,18,20). The molecular weight excluding hydrogens is 274 g/mol. The fourth-order valence-corrected chi connectivity index (χ4v) is 2.40. The van der Waals surface area contributed by atoms with E-state index >= 15 is 0 Å². The van der Waals surface area contributed by atoms with Gasteiger partial charge in [0.2, 0.25) is 0 Å². The number of carbonyl (C=O) groups excluding carboxylic acids is 1. The van der Waals surface area contributed by atoms with Crippen LogP contribution >= 0.6 is 11.6 Å². The lowest BCUT2D eigenvalue weighted by atomic mass is 10.2. The van der Waals surface area contributed by atoms with Crippen LogP contribution in [-0.4, -0.2) is 15.5 Å². The van der Waals surface area contributed by atoms with Crippen molar-refractivity contribution in [3.63, 3.8) is 0 Å². The fourth-order valence-electron chi connectivity index (χ4n) is 2.17. The Labute approximate surface area is 121 Å². The van der Waals surface area contributed by atoms with Gasteiger partial charge in [-0.25, -0.2) is 0 Å². The summed E-state index contributed by atoms with van der Waals surface area (Å²) >= 11 is 6.15. The molecule has 0 saturated heterocycles. The molecule has 0 saturated carbocycles. The van der Waals surface area contributed by atoms with Crippen LogP contribution in [0.4, 0.5) is 5.69 Å². The summed E-state index contributed by atoms with van der Waals surface area (Å²) in [6.07, 6.45) is 3.26.